The first kappa shape index (κ1) is 16.7. The van der Waals surface area contributed by atoms with Gasteiger partial charge in [-0.2, -0.15) is 0 Å². The molecule has 0 aromatic carbocycles. The van der Waals surface area contributed by atoms with Crippen molar-refractivity contribution in [3.63, 3.8) is 0 Å². The van der Waals surface area contributed by atoms with Crippen molar-refractivity contribution >= 4 is 12.0 Å². The predicted molar refractivity (Wildman–Crippen MR) is 68.6 cm³/mol. The molecule has 2 amide bonds. The van der Waals surface area contributed by atoms with E-state index in [0.717, 1.165) is 6.42 Å². The third kappa shape index (κ3) is 5.86. The molecule has 1 N–H and O–H groups in total. The maximum absolute atomic E-state index is 12.2. The minimum atomic E-state index is -1.01. The molecule has 0 bridgehead atoms. The maximum atomic E-state index is 12.2. The molecule has 6 nitrogen and oxygen atoms in total. The summed E-state index contributed by atoms with van der Waals surface area (Å²) in [4.78, 5) is 26.0. The number of aliphatic carboxylic acids is 1. The molecule has 0 spiro atoms. The monoisotopic (exact) mass is 260 g/mol. The van der Waals surface area contributed by atoms with Crippen molar-refractivity contribution in [2.75, 3.05) is 33.4 Å². The highest BCUT2D eigenvalue weighted by molar-refractivity contribution is 5.80. The zero-order chi connectivity index (χ0) is 14.1. The van der Waals surface area contributed by atoms with Crippen LogP contribution < -0.4 is 0 Å². The lowest BCUT2D eigenvalue weighted by Gasteiger charge is -2.32. The van der Waals surface area contributed by atoms with E-state index in [1.807, 2.05) is 20.8 Å². The molecule has 0 aliphatic rings. The number of carboxylic acid groups (broad SMARTS) is 1. The summed E-state index contributed by atoms with van der Waals surface area (Å²) in [6.45, 7) is 6.77. The summed E-state index contributed by atoms with van der Waals surface area (Å²) < 4.78 is 4.90. The van der Waals surface area contributed by atoms with Gasteiger partial charge in [0.2, 0.25) is 0 Å². The Bertz CT molecular complexity index is 269. The van der Waals surface area contributed by atoms with E-state index in [2.05, 4.69) is 0 Å². The lowest BCUT2D eigenvalue weighted by atomic mass is 10.3. The van der Waals surface area contributed by atoms with Crippen molar-refractivity contribution in [1.29, 1.82) is 0 Å². The van der Waals surface area contributed by atoms with Crippen LogP contribution in [0.2, 0.25) is 0 Å². The number of methoxy groups -OCH3 is 1. The van der Waals surface area contributed by atoms with Crippen molar-refractivity contribution < 1.29 is 19.4 Å². The Morgan fingerprint density at radius 2 is 1.89 bits per heavy atom. The standard InChI is InChI=1S/C12H24N2O4/c1-5-6-14(10(2)3)12(17)13(7-8-18-4)9-11(15)16/h10H,5-9H2,1-4H3,(H,15,16). The van der Waals surface area contributed by atoms with Crippen molar-refractivity contribution in [3.8, 4) is 0 Å². The van der Waals surface area contributed by atoms with Gasteiger partial charge >= 0.3 is 12.0 Å². The van der Waals surface area contributed by atoms with Crippen LogP contribution in [0.1, 0.15) is 27.2 Å². The number of rotatable bonds is 8. The topological polar surface area (TPSA) is 70.1 Å². The average molecular weight is 260 g/mol. The van der Waals surface area contributed by atoms with Gasteiger partial charge in [-0.3, -0.25) is 4.79 Å². The number of amides is 2. The molecule has 0 fully saturated rings. The summed E-state index contributed by atoms with van der Waals surface area (Å²) in [5, 5.41) is 8.83. The van der Waals surface area contributed by atoms with E-state index < -0.39 is 5.97 Å². The van der Waals surface area contributed by atoms with Gasteiger partial charge in [-0.1, -0.05) is 6.92 Å². The fourth-order valence-electron chi connectivity index (χ4n) is 1.60. The van der Waals surface area contributed by atoms with Crippen LogP contribution in [0.25, 0.3) is 0 Å². The highest BCUT2D eigenvalue weighted by Crippen LogP contribution is 2.06. The molecule has 0 radical (unpaired) electrons. The number of ether oxygens (including phenoxy) is 1. The average Bonchev–Trinajstić information content (AvgIpc) is 2.29. The highest BCUT2D eigenvalue weighted by atomic mass is 16.5. The van der Waals surface area contributed by atoms with Gasteiger partial charge in [0.15, 0.2) is 0 Å². The Hall–Kier alpha value is -1.30. The molecule has 0 saturated carbocycles. The minimum Gasteiger partial charge on any atom is -0.480 e. The molecular weight excluding hydrogens is 236 g/mol. The normalized spacial score (nSPS) is 10.5. The van der Waals surface area contributed by atoms with E-state index in [9.17, 15) is 9.59 Å². The number of hydrogen-bond donors (Lipinski definition) is 1. The van der Waals surface area contributed by atoms with E-state index in [0.29, 0.717) is 13.2 Å². The lowest BCUT2D eigenvalue weighted by molar-refractivity contribution is -0.137. The Balaban J connectivity index is 4.72. The first-order valence-corrected chi connectivity index (χ1v) is 6.20. The van der Waals surface area contributed by atoms with Crippen molar-refractivity contribution in [3.05, 3.63) is 0 Å². The zero-order valence-corrected chi connectivity index (χ0v) is 11.7. The number of nitrogens with zero attached hydrogens (tertiary/aromatic N) is 2. The van der Waals surface area contributed by atoms with Gasteiger partial charge in [-0.15, -0.1) is 0 Å². The van der Waals surface area contributed by atoms with Crippen LogP contribution in [0, 0.1) is 0 Å². The van der Waals surface area contributed by atoms with Crippen molar-refractivity contribution in [2.24, 2.45) is 0 Å². The first-order chi connectivity index (χ1) is 8.43. The third-order valence-electron chi connectivity index (χ3n) is 2.50. The van der Waals surface area contributed by atoms with Gasteiger partial charge in [0, 0.05) is 26.2 Å². The molecule has 0 rings (SSSR count). The molecule has 0 saturated heterocycles. The van der Waals surface area contributed by atoms with E-state index in [-0.39, 0.29) is 25.2 Å². The molecule has 18 heavy (non-hydrogen) atoms. The molecule has 0 heterocycles. The minimum absolute atomic E-state index is 0.0521. The number of carboxylic acids is 1. The van der Waals surface area contributed by atoms with Gasteiger partial charge in [0.05, 0.1) is 6.61 Å². The number of carbonyl (C=O) groups is 2. The summed E-state index contributed by atoms with van der Waals surface area (Å²) in [6.07, 6.45) is 0.842. The third-order valence-corrected chi connectivity index (χ3v) is 2.50. The second-order valence-electron chi connectivity index (χ2n) is 4.38. The Labute approximate surface area is 109 Å². The Morgan fingerprint density at radius 1 is 1.28 bits per heavy atom. The first-order valence-electron chi connectivity index (χ1n) is 6.20. The van der Waals surface area contributed by atoms with Gasteiger partial charge in [-0.25, -0.2) is 4.79 Å². The van der Waals surface area contributed by atoms with Crippen LogP contribution in [-0.2, 0) is 9.53 Å². The van der Waals surface area contributed by atoms with E-state index in [1.165, 1.54) is 12.0 Å². The fourth-order valence-corrected chi connectivity index (χ4v) is 1.60. The second-order valence-corrected chi connectivity index (χ2v) is 4.38. The van der Waals surface area contributed by atoms with Gasteiger partial charge in [0.1, 0.15) is 6.54 Å². The van der Waals surface area contributed by atoms with E-state index in [4.69, 9.17) is 9.84 Å². The lowest BCUT2D eigenvalue weighted by Crippen LogP contribution is -2.49. The molecule has 0 aliphatic heterocycles. The summed E-state index contributed by atoms with van der Waals surface area (Å²) in [7, 11) is 1.52. The van der Waals surface area contributed by atoms with Crippen molar-refractivity contribution in [2.45, 2.75) is 33.2 Å². The second kappa shape index (κ2) is 8.74. The Kier molecular flexibility index (Phi) is 8.11. The van der Waals surface area contributed by atoms with Gasteiger partial charge in [-0.05, 0) is 20.3 Å². The molecule has 0 atom stereocenters. The highest BCUT2D eigenvalue weighted by Gasteiger charge is 2.23. The summed E-state index contributed by atoms with van der Waals surface area (Å²) in [5.41, 5.74) is 0. The Morgan fingerprint density at radius 3 is 2.28 bits per heavy atom. The quantitative estimate of drug-likeness (QED) is 0.713. The van der Waals surface area contributed by atoms with E-state index >= 15 is 0 Å². The van der Waals surface area contributed by atoms with Gasteiger partial charge in [0.25, 0.3) is 0 Å². The molecule has 106 valence electrons. The SMILES string of the molecule is CCCN(C(=O)N(CCOC)CC(=O)O)C(C)C. The van der Waals surface area contributed by atoms with Crippen LogP contribution >= 0.6 is 0 Å². The van der Waals surface area contributed by atoms with Crippen LogP contribution in [-0.4, -0.2) is 66.3 Å². The van der Waals surface area contributed by atoms with Gasteiger partial charge < -0.3 is 19.6 Å². The summed E-state index contributed by atoms with van der Waals surface area (Å²) >= 11 is 0. The van der Waals surface area contributed by atoms with Crippen molar-refractivity contribution in [1.82, 2.24) is 9.80 Å². The molecule has 6 heteroatoms. The van der Waals surface area contributed by atoms with Crippen LogP contribution in [0.5, 0.6) is 0 Å². The molecule has 0 unspecified atom stereocenters. The number of urea groups is 1. The molecule has 0 aliphatic carbocycles. The molecule has 0 aromatic heterocycles. The largest absolute Gasteiger partial charge is 0.480 e. The summed E-state index contributed by atoms with van der Waals surface area (Å²) in [6, 6.07) is -0.192. The van der Waals surface area contributed by atoms with Crippen LogP contribution in [0.4, 0.5) is 4.79 Å². The molecular formula is C12H24N2O4. The number of carbonyl (C=O) groups excluding carboxylic acids is 1. The molecule has 0 aromatic rings. The smallest absolute Gasteiger partial charge is 0.323 e. The zero-order valence-electron chi connectivity index (χ0n) is 11.7. The maximum Gasteiger partial charge on any atom is 0.323 e. The predicted octanol–water partition coefficient (Wildman–Crippen LogP) is 1.26. The van der Waals surface area contributed by atoms with Crippen LogP contribution in [0.3, 0.4) is 0 Å². The summed E-state index contributed by atoms with van der Waals surface area (Å²) in [5.74, 6) is -1.01. The van der Waals surface area contributed by atoms with Crippen LogP contribution in [0.15, 0.2) is 0 Å². The van der Waals surface area contributed by atoms with E-state index in [1.54, 1.807) is 4.90 Å². The fraction of sp³-hybridized carbons (Fsp3) is 0.833. The number of hydrogen-bond acceptors (Lipinski definition) is 3.